The average Bonchev–Trinajstić information content (AvgIpc) is 4.10. The van der Waals surface area contributed by atoms with Crippen molar-refractivity contribution in [2.45, 2.75) is 5.41 Å². The number of furan rings is 1. The lowest BCUT2D eigenvalue weighted by molar-refractivity contribution is 0.666. The molecule has 1 spiro atoms. The van der Waals surface area contributed by atoms with Gasteiger partial charge in [0.1, 0.15) is 11.2 Å². The smallest absolute Gasteiger partial charge is 0.135 e. The van der Waals surface area contributed by atoms with Crippen molar-refractivity contribution < 1.29 is 4.42 Å². The molecule has 3 aliphatic rings. The lowest BCUT2D eigenvalue weighted by Gasteiger charge is -2.36. The molecule has 1 aliphatic heterocycles. The van der Waals surface area contributed by atoms with E-state index in [-0.39, 0.29) is 0 Å². The maximum absolute atomic E-state index is 6.83. The number of fused-ring (bicyclic) bond motifs is 20. The van der Waals surface area contributed by atoms with Gasteiger partial charge in [0.25, 0.3) is 0 Å². The highest BCUT2D eigenvalue weighted by Crippen LogP contribution is 2.63. The van der Waals surface area contributed by atoms with Crippen molar-refractivity contribution >= 4 is 56.1 Å². The minimum atomic E-state index is -0.748. The minimum absolute atomic E-state index is 0.748. The number of rotatable bonds is 5. The van der Waals surface area contributed by atoms with E-state index in [9.17, 15) is 0 Å². The molecule has 16 rings (SSSR count). The Hall–Kier alpha value is -9.96. The summed E-state index contributed by atoms with van der Waals surface area (Å²) in [5, 5.41) is 2.26. The van der Waals surface area contributed by atoms with Crippen LogP contribution in [0.3, 0.4) is 0 Å². The quantitative estimate of drug-likeness (QED) is 0.171. The predicted molar refractivity (Wildman–Crippen MR) is 315 cm³/mol. The van der Waals surface area contributed by atoms with Crippen molar-refractivity contribution in [3.05, 3.63) is 301 Å². The fourth-order valence-corrected chi connectivity index (χ4v) is 13.3. The van der Waals surface area contributed by atoms with Gasteiger partial charge < -0.3 is 14.2 Å². The standard InChI is InChI=1S/C73H46N2O/c1-3-21-47(22-4-1)51-25-11-17-35-68(51)74(49-39-41-54-58-30-12-18-36-69(58)75(48-23-5-2-6-24-48)70-37-19-13-31-59(70)61(54)43-49)50-40-42-57-53-27-8-7-26-52(53)55-28-9-15-33-64(55)73(66(57)44-50)65-34-16-10-29-56(65)62-45-63-60-32-14-20-38-71(60)76-72(63)46-67(62)73/h1-46H. The van der Waals surface area contributed by atoms with Crippen LogP contribution in [0, 0.1) is 0 Å². The molecule has 1 unspecified atom stereocenters. The first-order valence-corrected chi connectivity index (χ1v) is 26.2. The van der Waals surface area contributed by atoms with Crippen LogP contribution >= 0.6 is 0 Å². The summed E-state index contributed by atoms with van der Waals surface area (Å²) in [6.45, 7) is 0. The summed E-state index contributed by atoms with van der Waals surface area (Å²) < 4.78 is 6.83. The molecule has 1 atom stereocenters. The second kappa shape index (κ2) is 16.5. The first-order chi connectivity index (χ1) is 37.7. The molecular formula is C73H46N2O. The van der Waals surface area contributed by atoms with Crippen LogP contribution in [0.15, 0.2) is 283 Å². The van der Waals surface area contributed by atoms with Crippen molar-refractivity contribution in [1.29, 1.82) is 0 Å². The van der Waals surface area contributed by atoms with Gasteiger partial charge in [-0.05, 0) is 145 Å². The first-order valence-electron chi connectivity index (χ1n) is 26.2. The largest absolute Gasteiger partial charge is 0.456 e. The van der Waals surface area contributed by atoms with E-state index in [1.165, 1.54) is 77.9 Å². The van der Waals surface area contributed by atoms with Crippen LogP contribution in [0.1, 0.15) is 22.3 Å². The molecule has 76 heavy (non-hydrogen) atoms. The van der Waals surface area contributed by atoms with E-state index in [4.69, 9.17) is 4.42 Å². The van der Waals surface area contributed by atoms with E-state index < -0.39 is 5.41 Å². The normalized spacial score (nSPS) is 14.3. The summed E-state index contributed by atoms with van der Waals surface area (Å²) in [5.74, 6) is 0. The monoisotopic (exact) mass is 966 g/mol. The van der Waals surface area contributed by atoms with Gasteiger partial charge in [-0.3, -0.25) is 0 Å². The maximum Gasteiger partial charge on any atom is 0.135 e. The topological polar surface area (TPSA) is 19.6 Å². The Kier molecular flexibility index (Phi) is 9.25. The van der Waals surface area contributed by atoms with Crippen molar-refractivity contribution in [2.75, 3.05) is 9.80 Å². The summed E-state index contributed by atoms with van der Waals surface area (Å²) in [6.07, 6.45) is 0. The molecule has 1 aromatic heterocycles. The summed E-state index contributed by atoms with van der Waals surface area (Å²) in [7, 11) is 0. The zero-order chi connectivity index (χ0) is 49.9. The molecular weight excluding hydrogens is 921 g/mol. The number of anilines is 6. The molecule has 0 fully saturated rings. The van der Waals surface area contributed by atoms with Crippen molar-refractivity contribution in [3.63, 3.8) is 0 Å². The second-order valence-electron chi connectivity index (χ2n) is 20.3. The summed E-state index contributed by atoms with van der Waals surface area (Å²) >= 11 is 0. The van der Waals surface area contributed by atoms with Gasteiger partial charge in [0.05, 0.1) is 22.5 Å². The SMILES string of the molecule is c1ccc(-c2ccccc2N(c2ccc3c(c2)-c2ccccc2N(c2ccccc2)c2ccccc2-3)c2ccc3c(c2)C2(c4ccccc4-c4ccccc4-3)c3ccccc3-c3cc4c(cc32)oc2ccccc24)cc1. The fraction of sp³-hybridized carbons (Fsp3) is 0.0137. The Morgan fingerprint density at radius 2 is 0.776 bits per heavy atom. The molecule has 2 heterocycles. The number of hydrogen-bond acceptors (Lipinski definition) is 3. The zero-order valence-electron chi connectivity index (χ0n) is 41.4. The number of para-hydroxylation sites is 5. The summed E-state index contributed by atoms with van der Waals surface area (Å²) in [5.41, 5.74) is 26.9. The zero-order valence-corrected chi connectivity index (χ0v) is 41.4. The first kappa shape index (κ1) is 42.5. The molecule has 0 bridgehead atoms. The van der Waals surface area contributed by atoms with Gasteiger partial charge in [-0.2, -0.15) is 0 Å². The van der Waals surface area contributed by atoms with E-state index in [2.05, 4.69) is 289 Å². The second-order valence-corrected chi connectivity index (χ2v) is 20.3. The van der Waals surface area contributed by atoms with Crippen molar-refractivity contribution in [2.24, 2.45) is 0 Å². The van der Waals surface area contributed by atoms with Gasteiger partial charge in [-0.1, -0.05) is 206 Å². The number of hydrogen-bond donors (Lipinski definition) is 0. The molecule has 0 N–H and O–H groups in total. The third-order valence-electron chi connectivity index (χ3n) is 16.4. The molecule has 3 heteroatoms. The molecule has 0 saturated carbocycles. The lowest BCUT2D eigenvalue weighted by Crippen LogP contribution is -2.29. The summed E-state index contributed by atoms with van der Waals surface area (Å²) in [4.78, 5) is 4.93. The van der Waals surface area contributed by atoms with E-state index in [0.717, 1.165) is 67.2 Å². The van der Waals surface area contributed by atoms with Crippen LogP contribution in [-0.2, 0) is 5.41 Å². The van der Waals surface area contributed by atoms with Gasteiger partial charge in [-0.25, -0.2) is 0 Å². The predicted octanol–water partition coefficient (Wildman–Crippen LogP) is 19.9. The van der Waals surface area contributed by atoms with Gasteiger partial charge in [0.15, 0.2) is 0 Å². The summed E-state index contributed by atoms with van der Waals surface area (Å²) in [6, 6.07) is 103. The van der Waals surface area contributed by atoms with Gasteiger partial charge >= 0.3 is 0 Å². The molecule has 2 aliphatic carbocycles. The Bertz CT molecular complexity index is 4490. The highest BCUT2D eigenvalue weighted by atomic mass is 16.3. The molecule has 12 aromatic carbocycles. The van der Waals surface area contributed by atoms with E-state index in [1.807, 2.05) is 0 Å². The molecule has 0 radical (unpaired) electrons. The van der Waals surface area contributed by atoms with Crippen molar-refractivity contribution in [1.82, 2.24) is 0 Å². The van der Waals surface area contributed by atoms with Crippen molar-refractivity contribution in [3.8, 4) is 66.8 Å². The van der Waals surface area contributed by atoms with E-state index in [1.54, 1.807) is 0 Å². The highest BCUT2D eigenvalue weighted by Gasteiger charge is 2.50. The Balaban J connectivity index is 1.01. The minimum Gasteiger partial charge on any atom is -0.456 e. The molecule has 13 aromatic rings. The maximum atomic E-state index is 6.83. The highest BCUT2D eigenvalue weighted by molar-refractivity contribution is 6.10. The fourth-order valence-electron chi connectivity index (χ4n) is 13.3. The third-order valence-corrected chi connectivity index (χ3v) is 16.4. The van der Waals surface area contributed by atoms with Gasteiger partial charge in [0.2, 0.25) is 0 Å². The molecule has 354 valence electrons. The van der Waals surface area contributed by atoms with Gasteiger partial charge in [-0.15, -0.1) is 0 Å². The Morgan fingerprint density at radius 3 is 1.49 bits per heavy atom. The molecule has 0 saturated heterocycles. The lowest BCUT2D eigenvalue weighted by atomic mass is 9.65. The number of nitrogens with zero attached hydrogens (tertiary/aromatic N) is 2. The number of benzene rings is 12. The van der Waals surface area contributed by atoms with Crippen LogP contribution in [0.25, 0.3) is 88.7 Å². The van der Waals surface area contributed by atoms with E-state index >= 15 is 0 Å². The Labute approximate surface area is 441 Å². The molecule has 0 amide bonds. The van der Waals surface area contributed by atoms with Crippen LogP contribution in [-0.4, -0.2) is 0 Å². The van der Waals surface area contributed by atoms with Crippen LogP contribution in [0.4, 0.5) is 34.1 Å². The van der Waals surface area contributed by atoms with Crippen LogP contribution < -0.4 is 9.80 Å². The van der Waals surface area contributed by atoms with Crippen LogP contribution in [0.5, 0.6) is 0 Å². The molecule has 3 nitrogen and oxygen atoms in total. The van der Waals surface area contributed by atoms with Gasteiger partial charge in [0, 0.05) is 44.5 Å². The Morgan fingerprint density at radius 1 is 0.289 bits per heavy atom. The third kappa shape index (κ3) is 6.05. The van der Waals surface area contributed by atoms with Crippen LogP contribution in [0.2, 0.25) is 0 Å². The van der Waals surface area contributed by atoms with E-state index in [0.29, 0.717) is 0 Å². The average molecular weight is 967 g/mol.